The third-order valence-electron chi connectivity index (χ3n) is 4.09. The van der Waals surface area contributed by atoms with Crippen LogP contribution in [0.25, 0.3) is 0 Å². The van der Waals surface area contributed by atoms with Crippen LogP contribution >= 0.6 is 0 Å². The second kappa shape index (κ2) is 6.76. The topological polar surface area (TPSA) is 58.6 Å². The van der Waals surface area contributed by atoms with Crippen LogP contribution in [0.3, 0.4) is 0 Å². The largest absolute Gasteiger partial charge is 0.481 e. The van der Waals surface area contributed by atoms with Gasteiger partial charge in [0, 0.05) is 19.2 Å². The number of rotatable bonds is 6. The summed E-state index contributed by atoms with van der Waals surface area (Å²) in [6, 6.07) is -0.132. The lowest BCUT2D eigenvalue weighted by Crippen LogP contribution is -2.49. The van der Waals surface area contributed by atoms with Gasteiger partial charge in [0.25, 0.3) is 0 Å². The van der Waals surface area contributed by atoms with Crippen molar-refractivity contribution in [2.24, 2.45) is 5.92 Å². The van der Waals surface area contributed by atoms with Crippen molar-refractivity contribution < 1.29 is 27.8 Å². The highest BCUT2D eigenvalue weighted by Crippen LogP contribution is 2.32. The first-order valence-electron chi connectivity index (χ1n) is 6.91. The van der Waals surface area contributed by atoms with Crippen LogP contribution in [0.15, 0.2) is 0 Å². The Kier molecular flexibility index (Phi) is 5.82. The summed E-state index contributed by atoms with van der Waals surface area (Å²) in [4.78, 5) is 10.7. The molecule has 0 saturated carbocycles. The molecule has 2 atom stereocenters. The van der Waals surface area contributed by atoms with Crippen LogP contribution in [-0.4, -0.2) is 42.0 Å². The molecule has 0 spiro atoms. The smallest absolute Gasteiger partial charge is 0.403 e. The lowest BCUT2D eigenvalue weighted by atomic mass is 9.86. The Labute approximate surface area is 116 Å². The summed E-state index contributed by atoms with van der Waals surface area (Å²) in [7, 11) is 0. The lowest BCUT2D eigenvalue weighted by Gasteiger charge is -2.40. The number of alkyl halides is 3. The van der Waals surface area contributed by atoms with E-state index in [1.54, 1.807) is 0 Å². The van der Waals surface area contributed by atoms with E-state index >= 15 is 0 Å². The van der Waals surface area contributed by atoms with Crippen molar-refractivity contribution >= 4 is 5.97 Å². The number of carboxylic acids is 1. The molecule has 0 bridgehead atoms. The number of nitrogens with one attached hydrogen (secondary N) is 1. The van der Waals surface area contributed by atoms with Crippen LogP contribution in [0.5, 0.6) is 0 Å². The minimum absolute atomic E-state index is 0.132. The second-order valence-corrected chi connectivity index (χ2v) is 5.27. The number of hydrogen-bond acceptors (Lipinski definition) is 3. The molecular formula is C13H22F3NO3. The van der Waals surface area contributed by atoms with Crippen LogP contribution in [-0.2, 0) is 9.53 Å². The van der Waals surface area contributed by atoms with E-state index in [1.165, 1.54) is 0 Å². The summed E-state index contributed by atoms with van der Waals surface area (Å²) in [6.45, 7) is 3.87. The molecule has 1 rings (SSSR count). The van der Waals surface area contributed by atoms with Gasteiger partial charge in [0.05, 0.1) is 5.60 Å². The normalized spacial score (nSPS) is 24.4. The van der Waals surface area contributed by atoms with Crippen molar-refractivity contribution in [1.82, 2.24) is 5.32 Å². The molecule has 0 aromatic heterocycles. The number of carboxylic acid groups (broad SMARTS) is 1. The molecule has 0 aromatic rings. The van der Waals surface area contributed by atoms with Gasteiger partial charge in [-0.25, -0.2) is 0 Å². The highest BCUT2D eigenvalue weighted by atomic mass is 19.4. The molecule has 0 aromatic carbocycles. The molecule has 0 radical (unpaired) electrons. The van der Waals surface area contributed by atoms with Gasteiger partial charge in [0.15, 0.2) is 5.92 Å². The predicted molar refractivity (Wildman–Crippen MR) is 67.5 cm³/mol. The maximum Gasteiger partial charge on any atom is 0.403 e. The third kappa shape index (κ3) is 4.34. The molecule has 1 saturated heterocycles. The Morgan fingerprint density at radius 2 is 2.05 bits per heavy atom. The van der Waals surface area contributed by atoms with Gasteiger partial charge in [0.1, 0.15) is 0 Å². The van der Waals surface area contributed by atoms with Crippen LogP contribution < -0.4 is 5.32 Å². The number of halogens is 3. The minimum Gasteiger partial charge on any atom is -0.481 e. The fourth-order valence-electron chi connectivity index (χ4n) is 2.57. The molecule has 1 aliphatic heterocycles. The highest BCUT2D eigenvalue weighted by Gasteiger charge is 2.45. The molecule has 4 nitrogen and oxygen atoms in total. The van der Waals surface area contributed by atoms with Gasteiger partial charge in [0.2, 0.25) is 0 Å². The first kappa shape index (κ1) is 17.2. The van der Waals surface area contributed by atoms with Crippen molar-refractivity contribution in [1.29, 1.82) is 0 Å². The third-order valence-corrected chi connectivity index (χ3v) is 4.09. The van der Waals surface area contributed by atoms with Crippen molar-refractivity contribution in [3.8, 4) is 0 Å². The first-order chi connectivity index (χ1) is 9.24. The Balaban J connectivity index is 2.58. The Morgan fingerprint density at radius 3 is 2.50 bits per heavy atom. The van der Waals surface area contributed by atoms with Crippen molar-refractivity contribution in [2.75, 3.05) is 13.2 Å². The van der Waals surface area contributed by atoms with E-state index in [4.69, 9.17) is 9.84 Å². The Hall–Kier alpha value is -0.820. The van der Waals surface area contributed by atoms with Gasteiger partial charge in [-0.15, -0.1) is 0 Å². The van der Waals surface area contributed by atoms with Gasteiger partial charge in [-0.3, -0.25) is 4.79 Å². The molecule has 0 aliphatic carbocycles. The van der Waals surface area contributed by atoms with Crippen molar-refractivity contribution in [2.45, 2.75) is 57.3 Å². The van der Waals surface area contributed by atoms with Crippen molar-refractivity contribution in [3.63, 3.8) is 0 Å². The fraction of sp³-hybridized carbons (Fsp3) is 0.923. The number of aliphatic carboxylic acids is 1. The average molecular weight is 297 g/mol. The van der Waals surface area contributed by atoms with Gasteiger partial charge in [-0.05, 0) is 25.7 Å². The van der Waals surface area contributed by atoms with E-state index < -0.39 is 24.6 Å². The SMILES string of the molecule is CCC1(CC)CC(NCC(C(=O)O)C(F)(F)F)CCO1. The Bertz CT molecular complexity index is 329. The molecule has 1 fully saturated rings. The molecule has 2 unspecified atom stereocenters. The van der Waals surface area contributed by atoms with Gasteiger partial charge in [-0.2, -0.15) is 13.2 Å². The quantitative estimate of drug-likeness (QED) is 0.791. The number of carbonyl (C=O) groups is 1. The summed E-state index contributed by atoms with van der Waals surface area (Å²) < 4.78 is 43.4. The molecule has 118 valence electrons. The summed E-state index contributed by atoms with van der Waals surface area (Å²) in [6.07, 6.45) is -1.92. The molecule has 7 heteroatoms. The first-order valence-corrected chi connectivity index (χ1v) is 6.91. The average Bonchev–Trinajstić information content (AvgIpc) is 2.37. The predicted octanol–water partition coefficient (Wildman–Crippen LogP) is 2.58. The number of hydrogen-bond donors (Lipinski definition) is 2. The monoisotopic (exact) mass is 297 g/mol. The molecule has 1 aliphatic rings. The summed E-state index contributed by atoms with van der Waals surface area (Å²) in [5.41, 5.74) is -0.299. The lowest BCUT2D eigenvalue weighted by molar-refractivity contribution is -0.193. The van der Waals surface area contributed by atoms with Gasteiger partial charge < -0.3 is 15.2 Å². The molecule has 20 heavy (non-hydrogen) atoms. The molecular weight excluding hydrogens is 275 g/mol. The van der Waals surface area contributed by atoms with Crippen LogP contribution in [0.1, 0.15) is 39.5 Å². The second-order valence-electron chi connectivity index (χ2n) is 5.27. The van der Waals surface area contributed by atoms with E-state index in [0.29, 0.717) is 19.4 Å². The molecule has 0 amide bonds. The highest BCUT2D eigenvalue weighted by molar-refractivity contribution is 5.71. The van der Waals surface area contributed by atoms with E-state index in [9.17, 15) is 18.0 Å². The molecule has 1 heterocycles. The van der Waals surface area contributed by atoms with E-state index in [0.717, 1.165) is 12.8 Å². The van der Waals surface area contributed by atoms with Crippen LogP contribution in [0.2, 0.25) is 0 Å². The van der Waals surface area contributed by atoms with E-state index in [-0.39, 0.29) is 11.6 Å². The summed E-state index contributed by atoms with van der Waals surface area (Å²) in [5, 5.41) is 11.4. The molecule has 2 N–H and O–H groups in total. The standard InChI is InChI=1S/C13H22F3NO3/c1-3-12(4-2)7-9(5-6-20-12)17-8-10(11(18)19)13(14,15)16/h9-10,17H,3-8H2,1-2H3,(H,18,19). The van der Waals surface area contributed by atoms with E-state index in [2.05, 4.69) is 5.32 Å². The van der Waals surface area contributed by atoms with Gasteiger partial charge >= 0.3 is 12.1 Å². The maximum atomic E-state index is 12.6. The zero-order valence-electron chi connectivity index (χ0n) is 11.8. The van der Waals surface area contributed by atoms with E-state index in [1.807, 2.05) is 13.8 Å². The minimum atomic E-state index is -4.73. The van der Waals surface area contributed by atoms with Gasteiger partial charge in [-0.1, -0.05) is 13.8 Å². The van der Waals surface area contributed by atoms with Crippen LogP contribution in [0.4, 0.5) is 13.2 Å². The maximum absolute atomic E-state index is 12.6. The van der Waals surface area contributed by atoms with Crippen LogP contribution in [0, 0.1) is 5.92 Å². The zero-order valence-corrected chi connectivity index (χ0v) is 11.8. The summed E-state index contributed by atoms with van der Waals surface area (Å²) in [5.74, 6) is -4.20. The zero-order chi connectivity index (χ0) is 15.4. The van der Waals surface area contributed by atoms with Crippen molar-refractivity contribution in [3.05, 3.63) is 0 Å². The Morgan fingerprint density at radius 1 is 1.45 bits per heavy atom. The fourth-order valence-corrected chi connectivity index (χ4v) is 2.57. The summed E-state index contributed by atoms with van der Waals surface area (Å²) >= 11 is 0. The number of ether oxygens (including phenoxy) is 1.